The quantitative estimate of drug-likeness (QED) is 0.395. The molecule has 5 rings (SSSR count). The zero-order valence-corrected chi connectivity index (χ0v) is 19.9. The fourth-order valence-corrected chi connectivity index (χ4v) is 4.36. The molecule has 0 atom stereocenters. The molecule has 35 heavy (non-hydrogen) atoms. The van der Waals surface area contributed by atoms with Crippen LogP contribution in [0.5, 0.6) is 11.5 Å². The zero-order chi connectivity index (χ0) is 24.4. The maximum Gasteiger partial charge on any atom is 0.259 e. The van der Waals surface area contributed by atoms with Crippen LogP contribution in [0.15, 0.2) is 53.2 Å². The van der Waals surface area contributed by atoms with Gasteiger partial charge in [-0.2, -0.15) is 10.1 Å². The lowest BCUT2D eigenvalue weighted by molar-refractivity contribution is 0.102. The van der Waals surface area contributed by atoms with Gasteiger partial charge in [0.15, 0.2) is 0 Å². The molecule has 0 saturated heterocycles. The molecule has 0 spiro atoms. The number of nitrogens with zero attached hydrogens (tertiary/aromatic N) is 4. The minimum atomic E-state index is -0.278. The molecular weight excluding hydrogens is 446 g/mol. The second kappa shape index (κ2) is 9.61. The van der Waals surface area contributed by atoms with E-state index in [1.54, 1.807) is 50.2 Å². The topological polar surface area (TPSA) is 104 Å². The van der Waals surface area contributed by atoms with E-state index in [9.17, 15) is 4.79 Å². The summed E-state index contributed by atoms with van der Waals surface area (Å²) in [5.74, 6) is 2.57. The van der Waals surface area contributed by atoms with Crippen LogP contribution in [-0.2, 0) is 0 Å². The van der Waals surface area contributed by atoms with Crippen LogP contribution in [-0.4, -0.2) is 40.0 Å². The van der Waals surface area contributed by atoms with Gasteiger partial charge >= 0.3 is 0 Å². The van der Waals surface area contributed by atoms with Gasteiger partial charge in [-0.05, 0) is 56.2 Å². The minimum Gasteiger partial charge on any atom is -0.497 e. The van der Waals surface area contributed by atoms with Crippen molar-refractivity contribution in [3.63, 3.8) is 0 Å². The molecule has 1 aliphatic carbocycles. The fourth-order valence-electron chi connectivity index (χ4n) is 4.36. The van der Waals surface area contributed by atoms with E-state index in [-0.39, 0.29) is 5.91 Å². The lowest BCUT2D eigenvalue weighted by atomic mass is 10.1. The van der Waals surface area contributed by atoms with Gasteiger partial charge in [-0.15, -0.1) is 0 Å². The van der Waals surface area contributed by atoms with Crippen LogP contribution >= 0.6 is 0 Å². The molecule has 1 amide bonds. The Morgan fingerprint density at radius 3 is 2.57 bits per heavy atom. The van der Waals surface area contributed by atoms with E-state index >= 15 is 0 Å². The predicted molar refractivity (Wildman–Crippen MR) is 130 cm³/mol. The van der Waals surface area contributed by atoms with Gasteiger partial charge in [-0.1, -0.05) is 18.0 Å². The minimum absolute atomic E-state index is 0.278. The van der Waals surface area contributed by atoms with Gasteiger partial charge in [0, 0.05) is 23.7 Å². The summed E-state index contributed by atoms with van der Waals surface area (Å²) in [4.78, 5) is 17.6. The van der Waals surface area contributed by atoms with Gasteiger partial charge in [-0.25, -0.2) is 4.68 Å². The smallest absolute Gasteiger partial charge is 0.259 e. The Morgan fingerprint density at radius 1 is 1.09 bits per heavy atom. The molecule has 0 aliphatic heterocycles. The highest BCUT2D eigenvalue weighted by atomic mass is 16.5. The van der Waals surface area contributed by atoms with E-state index in [4.69, 9.17) is 14.0 Å². The van der Waals surface area contributed by atoms with Gasteiger partial charge in [-0.3, -0.25) is 4.79 Å². The fraction of sp³-hybridized carbons (Fsp3) is 0.308. The first kappa shape index (κ1) is 22.6. The lowest BCUT2D eigenvalue weighted by Gasteiger charge is -2.11. The van der Waals surface area contributed by atoms with E-state index < -0.39 is 0 Å². The van der Waals surface area contributed by atoms with E-state index in [0.717, 1.165) is 30.0 Å². The summed E-state index contributed by atoms with van der Waals surface area (Å²) < 4.78 is 17.8. The Labute approximate surface area is 203 Å². The van der Waals surface area contributed by atoms with Crippen LogP contribution in [0.25, 0.3) is 17.1 Å². The average Bonchev–Trinajstić information content (AvgIpc) is 3.65. The van der Waals surface area contributed by atoms with Crippen molar-refractivity contribution in [1.82, 2.24) is 19.9 Å². The van der Waals surface area contributed by atoms with E-state index in [1.807, 2.05) is 24.3 Å². The van der Waals surface area contributed by atoms with Gasteiger partial charge in [0.1, 0.15) is 11.5 Å². The Bertz CT molecular complexity index is 1340. The second-order valence-corrected chi connectivity index (χ2v) is 8.58. The largest absolute Gasteiger partial charge is 0.497 e. The maximum absolute atomic E-state index is 13.0. The summed E-state index contributed by atoms with van der Waals surface area (Å²) in [6.45, 7) is 1.80. The highest BCUT2D eigenvalue weighted by molar-refractivity contribution is 6.05. The monoisotopic (exact) mass is 473 g/mol. The maximum atomic E-state index is 13.0. The molecule has 1 saturated carbocycles. The number of methoxy groups -OCH3 is 2. The summed E-state index contributed by atoms with van der Waals surface area (Å²) in [7, 11) is 3.12. The van der Waals surface area contributed by atoms with Crippen LogP contribution in [0.1, 0.15) is 53.5 Å². The number of ether oxygens (including phenoxy) is 2. The SMILES string of the molecule is COc1ccc(NC(=O)c2cn(-c3ccc(-c4noc(C5CCCC5)n4)cc3)nc2C)c(OC)c1. The Morgan fingerprint density at radius 2 is 1.86 bits per heavy atom. The molecule has 180 valence electrons. The van der Waals surface area contributed by atoms with Gasteiger partial charge < -0.3 is 19.3 Å². The van der Waals surface area contributed by atoms with Crippen molar-refractivity contribution >= 4 is 11.6 Å². The zero-order valence-electron chi connectivity index (χ0n) is 19.9. The number of amides is 1. The predicted octanol–water partition coefficient (Wildman–Crippen LogP) is 5.16. The van der Waals surface area contributed by atoms with E-state index in [1.165, 1.54) is 12.8 Å². The van der Waals surface area contributed by atoms with Gasteiger partial charge in [0.2, 0.25) is 11.7 Å². The number of benzene rings is 2. The van der Waals surface area contributed by atoms with Crippen LogP contribution < -0.4 is 14.8 Å². The lowest BCUT2D eigenvalue weighted by Crippen LogP contribution is -2.13. The average molecular weight is 474 g/mol. The molecule has 9 nitrogen and oxygen atoms in total. The summed E-state index contributed by atoms with van der Waals surface area (Å²) in [5, 5.41) is 11.6. The molecule has 1 aliphatic rings. The summed E-state index contributed by atoms with van der Waals surface area (Å²) in [6, 6.07) is 12.9. The number of rotatable bonds is 7. The summed E-state index contributed by atoms with van der Waals surface area (Å²) >= 11 is 0. The molecule has 9 heteroatoms. The Balaban J connectivity index is 1.32. The Hall–Kier alpha value is -4.14. The standard InChI is InChI=1S/C26H27N5O4/c1-16-21(25(32)27-22-13-12-20(33-2)14-23(22)34-3)15-31(29-16)19-10-8-17(9-11-19)24-28-26(35-30-24)18-6-4-5-7-18/h8-15,18H,4-7H2,1-3H3,(H,27,32). The van der Waals surface area contributed by atoms with Crippen molar-refractivity contribution in [2.45, 2.75) is 38.5 Å². The van der Waals surface area contributed by atoms with Crippen LogP contribution in [0.3, 0.4) is 0 Å². The van der Waals surface area contributed by atoms with Crippen molar-refractivity contribution in [3.05, 3.63) is 65.8 Å². The van der Waals surface area contributed by atoms with Gasteiger partial charge in [0.25, 0.3) is 5.91 Å². The van der Waals surface area contributed by atoms with Crippen LogP contribution in [0.2, 0.25) is 0 Å². The number of nitrogens with one attached hydrogen (secondary N) is 1. The first-order valence-corrected chi connectivity index (χ1v) is 11.6. The first-order chi connectivity index (χ1) is 17.1. The number of hydrogen-bond acceptors (Lipinski definition) is 7. The van der Waals surface area contributed by atoms with E-state index in [2.05, 4.69) is 20.6 Å². The third-order valence-electron chi connectivity index (χ3n) is 6.34. The number of hydrogen-bond donors (Lipinski definition) is 1. The van der Waals surface area contributed by atoms with Crippen molar-refractivity contribution in [2.24, 2.45) is 0 Å². The molecule has 2 heterocycles. The van der Waals surface area contributed by atoms with Crippen molar-refractivity contribution in [3.8, 4) is 28.6 Å². The molecule has 2 aromatic heterocycles. The normalized spacial score (nSPS) is 13.7. The molecule has 0 bridgehead atoms. The number of anilines is 1. The number of carbonyl (C=O) groups excluding carboxylic acids is 1. The molecular formula is C26H27N5O4. The van der Waals surface area contributed by atoms with E-state index in [0.29, 0.717) is 40.2 Å². The molecule has 2 aromatic carbocycles. The van der Waals surface area contributed by atoms with Crippen molar-refractivity contribution in [2.75, 3.05) is 19.5 Å². The van der Waals surface area contributed by atoms with Crippen LogP contribution in [0, 0.1) is 6.92 Å². The third-order valence-corrected chi connectivity index (χ3v) is 6.34. The molecule has 1 N–H and O–H groups in total. The summed E-state index contributed by atoms with van der Waals surface area (Å²) in [5.41, 5.74) is 3.31. The van der Waals surface area contributed by atoms with Crippen molar-refractivity contribution < 1.29 is 18.8 Å². The number of aromatic nitrogens is 4. The van der Waals surface area contributed by atoms with Crippen molar-refractivity contribution in [1.29, 1.82) is 0 Å². The molecule has 0 radical (unpaired) electrons. The second-order valence-electron chi connectivity index (χ2n) is 8.58. The third kappa shape index (κ3) is 4.62. The van der Waals surface area contributed by atoms with Gasteiger partial charge in [0.05, 0.1) is 36.9 Å². The Kier molecular flexibility index (Phi) is 6.22. The summed E-state index contributed by atoms with van der Waals surface area (Å²) in [6.07, 6.45) is 6.37. The highest BCUT2D eigenvalue weighted by Crippen LogP contribution is 2.34. The number of aryl methyl sites for hydroxylation is 1. The highest BCUT2D eigenvalue weighted by Gasteiger charge is 2.23. The molecule has 1 fully saturated rings. The van der Waals surface area contributed by atoms with Crippen LogP contribution in [0.4, 0.5) is 5.69 Å². The molecule has 4 aromatic rings. The molecule has 0 unspecified atom stereocenters. The number of carbonyl (C=O) groups is 1. The first-order valence-electron chi connectivity index (χ1n) is 11.6.